The van der Waals surface area contributed by atoms with Crippen LogP contribution in [0.15, 0.2) is 91.1 Å². The second-order valence-corrected chi connectivity index (χ2v) is 13.7. The second-order valence-electron chi connectivity index (χ2n) is 11.4. The zero-order chi connectivity index (χ0) is 28.4. The maximum atomic E-state index is 15.6. The molecule has 0 fully saturated rings. The van der Waals surface area contributed by atoms with Gasteiger partial charge in [0.1, 0.15) is 17.2 Å². The van der Waals surface area contributed by atoms with E-state index in [-0.39, 0.29) is 11.1 Å². The van der Waals surface area contributed by atoms with Crippen molar-refractivity contribution in [1.29, 1.82) is 0 Å². The van der Waals surface area contributed by atoms with Crippen molar-refractivity contribution in [2.45, 2.75) is 71.6 Å². The molecular formula is C35H42FNO2Si. The van der Waals surface area contributed by atoms with Crippen LogP contribution < -0.4 is 19.5 Å². The standard InChI is InChI=1S/C35H42FNO2Si/c1-5-6-7-8-9-16-23-38-28-25-32(36)34(37-26-28)31-22-21-27(35(2,3)4)24-33(31)39-40(29-17-12-10-13-18-29)30-19-14-11-15-20-30/h10-15,17-22,24-26,40H,5-9,16,23H2,1-4H3. The number of hydrogen-bond donors (Lipinski definition) is 0. The molecule has 0 unspecified atom stereocenters. The van der Waals surface area contributed by atoms with Crippen LogP contribution in [0.5, 0.6) is 11.5 Å². The third-order valence-corrected chi connectivity index (χ3v) is 9.61. The summed E-state index contributed by atoms with van der Waals surface area (Å²) in [6, 6.07) is 28.2. The average Bonchev–Trinajstić information content (AvgIpc) is 2.96. The van der Waals surface area contributed by atoms with Crippen LogP contribution in [0.25, 0.3) is 11.3 Å². The zero-order valence-electron chi connectivity index (χ0n) is 24.3. The second kappa shape index (κ2) is 14.3. The molecule has 0 aliphatic rings. The average molecular weight is 556 g/mol. The molecule has 1 heterocycles. The van der Waals surface area contributed by atoms with E-state index in [4.69, 9.17) is 9.16 Å². The van der Waals surface area contributed by atoms with Crippen molar-refractivity contribution in [3.05, 3.63) is 103 Å². The smallest absolute Gasteiger partial charge is 0.299 e. The molecule has 4 rings (SSSR count). The largest absolute Gasteiger partial charge is 0.537 e. The zero-order valence-corrected chi connectivity index (χ0v) is 25.5. The third-order valence-electron chi connectivity index (χ3n) is 7.13. The normalized spacial score (nSPS) is 11.6. The summed E-state index contributed by atoms with van der Waals surface area (Å²) in [5.74, 6) is 0.708. The number of ether oxygens (including phenoxy) is 1. The van der Waals surface area contributed by atoms with E-state index < -0.39 is 14.9 Å². The Bertz CT molecular complexity index is 1300. The fourth-order valence-corrected chi connectivity index (χ4v) is 7.01. The Morgan fingerprint density at radius 1 is 0.775 bits per heavy atom. The molecule has 0 saturated heterocycles. The van der Waals surface area contributed by atoms with Gasteiger partial charge < -0.3 is 9.16 Å². The monoisotopic (exact) mass is 555 g/mol. The van der Waals surface area contributed by atoms with Crippen molar-refractivity contribution >= 4 is 19.4 Å². The molecule has 3 nitrogen and oxygen atoms in total. The molecule has 5 heteroatoms. The van der Waals surface area contributed by atoms with Crippen LogP contribution in [0.3, 0.4) is 0 Å². The number of unbranched alkanes of at least 4 members (excludes halogenated alkanes) is 5. The fraction of sp³-hybridized carbons (Fsp3) is 0.343. The topological polar surface area (TPSA) is 31.4 Å². The molecule has 0 saturated carbocycles. The maximum Gasteiger partial charge on any atom is 0.299 e. The highest BCUT2D eigenvalue weighted by Gasteiger charge is 2.24. The number of benzene rings is 3. The first-order chi connectivity index (χ1) is 19.4. The van der Waals surface area contributed by atoms with E-state index in [1.54, 1.807) is 6.20 Å². The molecule has 0 N–H and O–H groups in total. The molecule has 4 aromatic rings. The number of rotatable bonds is 13. The van der Waals surface area contributed by atoms with E-state index in [2.05, 4.69) is 63.0 Å². The van der Waals surface area contributed by atoms with Crippen LogP contribution in [-0.4, -0.2) is 20.6 Å². The van der Waals surface area contributed by atoms with Gasteiger partial charge in [0.05, 0.1) is 12.8 Å². The molecule has 0 amide bonds. The van der Waals surface area contributed by atoms with Crippen LogP contribution in [0.1, 0.15) is 71.8 Å². The lowest BCUT2D eigenvalue weighted by Gasteiger charge is -2.25. The minimum Gasteiger partial charge on any atom is -0.537 e. The van der Waals surface area contributed by atoms with Gasteiger partial charge >= 0.3 is 0 Å². The summed E-state index contributed by atoms with van der Waals surface area (Å²) in [6.45, 7) is 9.30. The lowest BCUT2D eigenvalue weighted by Crippen LogP contribution is -2.47. The van der Waals surface area contributed by atoms with Gasteiger partial charge in [-0.05, 0) is 39.9 Å². The van der Waals surface area contributed by atoms with Gasteiger partial charge in [-0.15, -0.1) is 0 Å². The van der Waals surface area contributed by atoms with E-state index in [1.165, 1.54) is 31.7 Å². The molecule has 1 aromatic heterocycles. The van der Waals surface area contributed by atoms with Crippen LogP contribution >= 0.6 is 0 Å². The Morgan fingerprint density at radius 2 is 1.40 bits per heavy atom. The van der Waals surface area contributed by atoms with E-state index in [0.29, 0.717) is 23.7 Å². The minimum absolute atomic E-state index is 0.0899. The number of halogens is 1. The highest BCUT2D eigenvalue weighted by molar-refractivity contribution is 6.80. The summed E-state index contributed by atoms with van der Waals surface area (Å²) in [5.41, 5.74) is 1.96. The number of aromatic nitrogens is 1. The number of hydrogen-bond acceptors (Lipinski definition) is 3. The van der Waals surface area contributed by atoms with E-state index in [0.717, 1.165) is 28.8 Å². The molecule has 0 radical (unpaired) electrons. The molecule has 3 aromatic carbocycles. The summed E-state index contributed by atoms with van der Waals surface area (Å²) >= 11 is 0. The highest BCUT2D eigenvalue weighted by Crippen LogP contribution is 2.36. The van der Waals surface area contributed by atoms with Gasteiger partial charge in [-0.3, -0.25) is 0 Å². The molecule has 0 aliphatic carbocycles. The lowest BCUT2D eigenvalue weighted by atomic mass is 9.86. The predicted octanol–water partition coefficient (Wildman–Crippen LogP) is 7.84. The quantitative estimate of drug-likeness (QED) is 0.124. The van der Waals surface area contributed by atoms with Crippen LogP contribution in [-0.2, 0) is 5.41 Å². The summed E-state index contributed by atoms with van der Waals surface area (Å²) in [4.78, 5) is 4.53. The SMILES string of the molecule is CCCCCCCCOc1cnc(-c2ccc(C(C)(C)C)cc2O[SiH](c2ccccc2)c2ccccc2)c(F)c1. The molecule has 0 bridgehead atoms. The van der Waals surface area contributed by atoms with Crippen molar-refractivity contribution in [1.82, 2.24) is 4.98 Å². The van der Waals surface area contributed by atoms with Gasteiger partial charge in [0.2, 0.25) is 0 Å². The van der Waals surface area contributed by atoms with Gasteiger partial charge in [0.25, 0.3) is 9.04 Å². The Hall–Kier alpha value is -3.44. The van der Waals surface area contributed by atoms with Crippen LogP contribution in [0.4, 0.5) is 4.39 Å². The summed E-state index contributed by atoms with van der Waals surface area (Å²) in [5, 5.41) is 2.32. The fourth-order valence-electron chi connectivity index (χ4n) is 4.76. The Kier molecular flexibility index (Phi) is 10.5. The first kappa shape index (κ1) is 29.5. The van der Waals surface area contributed by atoms with Crippen molar-refractivity contribution < 1.29 is 13.6 Å². The van der Waals surface area contributed by atoms with E-state index >= 15 is 4.39 Å². The Morgan fingerprint density at radius 3 is 2.00 bits per heavy atom. The first-order valence-electron chi connectivity index (χ1n) is 14.6. The molecule has 0 atom stereocenters. The van der Waals surface area contributed by atoms with Crippen molar-refractivity contribution in [3.8, 4) is 22.8 Å². The van der Waals surface area contributed by atoms with Crippen molar-refractivity contribution in [3.63, 3.8) is 0 Å². The highest BCUT2D eigenvalue weighted by atomic mass is 28.3. The van der Waals surface area contributed by atoms with Crippen molar-refractivity contribution in [2.24, 2.45) is 0 Å². The maximum absolute atomic E-state index is 15.6. The lowest BCUT2D eigenvalue weighted by molar-refractivity contribution is 0.301. The molecular weight excluding hydrogens is 513 g/mol. The van der Waals surface area contributed by atoms with Crippen LogP contribution in [0.2, 0.25) is 0 Å². The molecule has 210 valence electrons. The van der Waals surface area contributed by atoms with Gasteiger partial charge in [-0.2, -0.15) is 0 Å². The summed E-state index contributed by atoms with van der Waals surface area (Å²) < 4.78 is 28.3. The number of nitrogens with zero attached hydrogens (tertiary/aromatic N) is 1. The predicted molar refractivity (Wildman–Crippen MR) is 167 cm³/mol. The van der Waals surface area contributed by atoms with E-state index in [1.807, 2.05) is 48.5 Å². The van der Waals surface area contributed by atoms with Crippen molar-refractivity contribution in [2.75, 3.05) is 6.61 Å². The first-order valence-corrected chi connectivity index (χ1v) is 16.2. The van der Waals surface area contributed by atoms with E-state index in [9.17, 15) is 0 Å². The van der Waals surface area contributed by atoms with Crippen LogP contribution in [0, 0.1) is 5.82 Å². The molecule has 0 aliphatic heterocycles. The summed E-state index contributed by atoms with van der Waals surface area (Å²) in [7, 11) is -2.13. The Labute approximate surface area is 241 Å². The molecule has 0 spiro atoms. The van der Waals surface area contributed by atoms with Gasteiger partial charge in [0, 0.05) is 11.6 Å². The summed E-state index contributed by atoms with van der Waals surface area (Å²) in [6.07, 6.45) is 8.71. The third kappa shape index (κ3) is 8.04. The molecule has 40 heavy (non-hydrogen) atoms. The van der Waals surface area contributed by atoms with Gasteiger partial charge in [0.15, 0.2) is 5.82 Å². The minimum atomic E-state index is -2.13. The van der Waals surface area contributed by atoms with Gasteiger partial charge in [-0.25, -0.2) is 9.37 Å². The number of pyridine rings is 1. The van der Waals surface area contributed by atoms with Gasteiger partial charge in [-0.1, -0.05) is 127 Å². The Balaban J connectivity index is 1.62.